The normalized spacial score (nSPS) is 12.0. The Morgan fingerprint density at radius 3 is 0.778 bits per heavy atom. The summed E-state index contributed by atoms with van der Waals surface area (Å²) in [6, 6.07) is 0. The highest BCUT2D eigenvalue weighted by Crippen LogP contribution is 2.18. The molecule has 0 rings (SSSR count). The Hall–Kier alpha value is -1.59. The number of rotatable bonds is 51. The molecule has 0 aromatic heterocycles. The number of esters is 3. The van der Waals surface area contributed by atoms with Gasteiger partial charge in [-0.2, -0.15) is 0 Å². The smallest absolute Gasteiger partial charge is 0.306 e. The van der Waals surface area contributed by atoms with Crippen LogP contribution in [0.4, 0.5) is 0 Å². The molecule has 0 aliphatic carbocycles. The second-order valence-electron chi connectivity index (χ2n) is 20.5. The second-order valence-corrected chi connectivity index (χ2v) is 20.5. The van der Waals surface area contributed by atoms with Gasteiger partial charge >= 0.3 is 17.9 Å². The largest absolute Gasteiger partial charge is 0.462 e. The molecule has 0 unspecified atom stereocenters. The molecule has 0 amide bonds. The lowest BCUT2D eigenvalue weighted by molar-refractivity contribution is -0.167. The third-order valence-corrected chi connectivity index (χ3v) is 13.0. The van der Waals surface area contributed by atoms with Crippen LogP contribution in [0.25, 0.3) is 0 Å². The van der Waals surface area contributed by atoms with E-state index in [1.165, 1.54) is 205 Å². The lowest BCUT2D eigenvalue weighted by Crippen LogP contribution is -2.30. The molecule has 0 saturated carbocycles. The zero-order valence-corrected chi connectivity index (χ0v) is 43.2. The Bertz CT molecular complexity index is 962. The first-order valence-corrected chi connectivity index (χ1v) is 28.2. The summed E-state index contributed by atoms with van der Waals surface area (Å²) in [6.07, 6.45) is 52.6. The molecule has 0 fully saturated rings. The van der Waals surface area contributed by atoms with E-state index in [2.05, 4.69) is 34.6 Å². The molecular formula is C57H110O6. The van der Waals surface area contributed by atoms with E-state index in [0.717, 1.165) is 69.6 Å². The Kier molecular flexibility index (Phi) is 48.6. The van der Waals surface area contributed by atoms with E-state index in [-0.39, 0.29) is 31.1 Å². The summed E-state index contributed by atoms with van der Waals surface area (Å²) in [4.78, 5) is 37.9. The van der Waals surface area contributed by atoms with Crippen molar-refractivity contribution in [1.82, 2.24) is 0 Å². The Morgan fingerprint density at radius 1 is 0.302 bits per heavy atom. The topological polar surface area (TPSA) is 78.9 Å². The standard InChI is InChI=1S/C57H110O6/c1-6-7-8-9-30-37-42-47-55(58)61-50-54(63-57(60)49-44-39-34-29-25-21-17-16-19-23-27-32-36-41-46-53(4)5)51-62-56(59)48-43-38-33-28-24-20-15-13-11-10-12-14-18-22-26-31-35-40-45-52(2)3/h52-54H,6-51H2,1-5H3/t54-/m1/s1. The molecule has 0 heterocycles. The highest BCUT2D eigenvalue weighted by Gasteiger charge is 2.19. The lowest BCUT2D eigenvalue weighted by Gasteiger charge is -2.18. The van der Waals surface area contributed by atoms with Crippen molar-refractivity contribution in [2.24, 2.45) is 11.8 Å². The molecule has 1 atom stereocenters. The van der Waals surface area contributed by atoms with E-state index in [4.69, 9.17) is 14.2 Å². The third kappa shape index (κ3) is 51.3. The number of carbonyl (C=O) groups excluding carboxylic acids is 3. The quantitative estimate of drug-likeness (QED) is 0.0344. The van der Waals surface area contributed by atoms with E-state index in [9.17, 15) is 14.4 Å². The summed E-state index contributed by atoms with van der Waals surface area (Å²) in [5.41, 5.74) is 0. The first-order valence-electron chi connectivity index (χ1n) is 28.2. The molecule has 0 saturated heterocycles. The zero-order valence-electron chi connectivity index (χ0n) is 43.2. The number of carbonyl (C=O) groups is 3. The first kappa shape index (κ1) is 61.4. The van der Waals surface area contributed by atoms with Crippen LogP contribution in [0.2, 0.25) is 0 Å². The van der Waals surface area contributed by atoms with Crippen molar-refractivity contribution < 1.29 is 28.6 Å². The zero-order chi connectivity index (χ0) is 46.1. The van der Waals surface area contributed by atoms with E-state index in [1.807, 2.05) is 0 Å². The lowest BCUT2D eigenvalue weighted by atomic mass is 10.0. The molecule has 63 heavy (non-hydrogen) atoms. The Morgan fingerprint density at radius 2 is 0.524 bits per heavy atom. The van der Waals surface area contributed by atoms with Crippen molar-refractivity contribution >= 4 is 17.9 Å². The van der Waals surface area contributed by atoms with Gasteiger partial charge < -0.3 is 14.2 Å². The van der Waals surface area contributed by atoms with Crippen molar-refractivity contribution in [3.63, 3.8) is 0 Å². The number of unbranched alkanes of at least 4 members (excludes halogenated alkanes) is 36. The number of hydrogen-bond acceptors (Lipinski definition) is 6. The van der Waals surface area contributed by atoms with Crippen molar-refractivity contribution in [3.8, 4) is 0 Å². The van der Waals surface area contributed by atoms with Crippen LogP contribution in [0.3, 0.4) is 0 Å². The molecule has 6 heteroatoms. The highest BCUT2D eigenvalue weighted by atomic mass is 16.6. The molecule has 0 radical (unpaired) electrons. The van der Waals surface area contributed by atoms with Crippen LogP contribution < -0.4 is 0 Å². The van der Waals surface area contributed by atoms with Crippen molar-refractivity contribution in [2.45, 2.75) is 323 Å². The number of hydrogen-bond donors (Lipinski definition) is 0. The van der Waals surface area contributed by atoms with Crippen LogP contribution in [-0.2, 0) is 28.6 Å². The predicted octanol–water partition coefficient (Wildman–Crippen LogP) is 18.5. The van der Waals surface area contributed by atoms with Gasteiger partial charge in [-0.1, -0.05) is 279 Å². The molecule has 0 aromatic carbocycles. The average molecular weight is 892 g/mol. The van der Waals surface area contributed by atoms with Crippen LogP contribution in [0, 0.1) is 11.8 Å². The van der Waals surface area contributed by atoms with Gasteiger partial charge in [-0.05, 0) is 31.1 Å². The summed E-state index contributed by atoms with van der Waals surface area (Å²) >= 11 is 0. The summed E-state index contributed by atoms with van der Waals surface area (Å²) in [7, 11) is 0. The van der Waals surface area contributed by atoms with E-state index in [1.54, 1.807) is 0 Å². The van der Waals surface area contributed by atoms with Crippen LogP contribution in [0.15, 0.2) is 0 Å². The molecular weight excluding hydrogens is 781 g/mol. The van der Waals surface area contributed by atoms with Gasteiger partial charge in [-0.3, -0.25) is 14.4 Å². The Labute approximate surface area is 393 Å². The molecule has 0 aliphatic heterocycles. The molecule has 6 nitrogen and oxygen atoms in total. The predicted molar refractivity (Wildman–Crippen MR) is 270 cm³/mol. The molecule has 0 aromatic rings. The fourth-order valence-corrected chi connectivity index (χ4v) is 8.70. The van der Waals surface area contributed by atoms with Crippen LogP contribution in [0.5, 0.6) is 0 Å². The van der Waals surface area contributed by atoms with Gasteiger partial charge in [0.15, 0.2) is 6.10 Å². The van der Waals surface area contributed by atoms with Crippen molar-refractivity contribution in [2.75, 3.05) is 13.2 Å². The molecule has 374 valence electrons. The fourth-order valence-electron chi connectivity index (χ4n) is 8.70. The van der Waals surface area contributed by atoms with Gasteiger partial charge in [0, 0.05) is 19.3 Å². The van der Waals surface area contributed by atoms with E-state index < -0.39 is 6.10 Å². The maximum Gasteiger partial charge on any atom is 0.306 e. The van der Waals surface area contributed by atoms with Crippen LogP contribution in [0.1, 0.15) is 317 Å². The summed E-state index contributed by atoms with van der Waals surface area (Å²) in [5.74, 6) is 0.854. The molecule has 0 spiro atoms. The summed E-state index contributed by atoms with van der Waals surface area (Å²) in [6.45, 7) is 11.4. The minimum absolute atomic E-state index is 0.0632. The van der Waals surface area contributed by atoms with Gasteiger partial charge in [0.2, 0.25) is 0 Å². The average Bonchev–Trinajstić information content (AvgIpc) is 3.25. The van der Waals surface area contributed by atoms with Gasteiger partial charge in [0.05, 0.1) is 0 Å². The number of ether oxygens (including phenoxy) is 3. The van der Waals surface area contributed by atoms with E-state index >= 15 is 0 Å². The SMILES string of the molecule is CCCCCCCCCC(=O)OC[C@H](COC(=O)CCCCCCCCCCCCCCCCCCCCC(C)C)OC(=O)CCCCCCCCCCCCCCCCC(C)C. The van der Waals surface area contributed by atoms with Gasteiger partial charge in [-0.25, -0.2) is 0 Å². The second kappa shape index (κ2) is 49.8. The van der Waals surface area contributed by atoms with Gasteiger partial charge in [0.25, 0.3) is 0 Å². The van der Waals surface area contributed by atoms with Crippen LogP contribution >= 0.6 is 0 Å². The summed E-state index contributed by atoms with van der Waals surface area (Å²) in [5, 5.41) is 0. The minimum atomic E-state index is -0.761. The van der Waals surface area contributed by atoms with Crippen molar-refractivity contribution in [1.29, 1.82) is 0 Å². The fraction of sp³-hybridized carbons (Fsp3) is 0.947. The molecule has 0 bridgehead atoms. The third-order valence-electron chi connectivity index (χ3n) is 13.0. The monoisotopic (exact) mass is 891 g/mol. The molecule has 0 aliphatic rings. The van der Waals surface area contributed by atoms with Gasteiger partial charge in [0.1, 0.15) is 13.2 Å². The maximum atomic E-state index is 12.8. The first-order chi connectivity index (χ1) is 30.7. The minimum Gasteiger partial charge on any atom is -0.462 e. The Balaban J connectivity index is 4.13. The van der Waals surface area contributed by atoms with Crippen molar-refractivity contribution in [3.05, 3.63) is 0 Å². The van der Waals surface area contributed by atoms with Gasteiger partial charge in [-0.15, -0.1) is 0 Å². The van der Waals surface area contributed by atoms with E-state index in [0.29, 0.717) is 19.3 Å². The molecule has 0 N–H and O–H groups in total. The van der Waals surface area contributed by atoms with Crippen LogP contribution in [-0.4, -0.2) is 37.2 Å². The maximum absolute atomic E-state index is 12.8. The summed E-state index contributed by atoms with van der Waals surface area (Å²) < 4.78 is 16.8. The highest BCUT2D eigenvalue weighted by molar-refractivity contribution is 5.71.